The summed E-state index contributed by atoms with van der Waals surface area (Å²) in [5.74, 6) is 0.813. The highest BCUT2D eigenvalue weighted by atomic mass is 31.2. The molecule has 36 heavy (non-hydrogen) atoms. The van der Waals surface area contributed by atoms with Crippen molar-refractivity contribution in [1.29, 1.82) is 0 Å². The summed E-state index contributed by atoms with van der Waals surface area (Å²) < 4.78 is 36.2. The number of rotatable bonds is 25. The first-order valence-electron chi connectivity index (χ1n) is 13.8. The maximum Gasteiger partial charge on any atom is 0.332 e. The Labute approximate surface area is 219 Å². The molecule has 1 aromatic carbocycles. The van der Waals surface area contributed by atoms with E-state index in [4.69, 9.17) is 30.0 Å². The van der Waals surface area contributed by atoms with Gasteiger partial charge in [0, 0.05) is 6.54 Å². The lowest BCUT2D eigenvalue weighted by Crippen LogP contribution is -2.31. The van der Waals surface area contributed by atoms with Gasteiger partial charge in [-0.1, -0.05) is 57.6 Å². The monoisotopic (exact) mass is 529 g/mol. The number of nitrogens with two attached hydrogens (primary N) is 2. The zero-order chi connectivity index (χ0) is 26.3. The molecule has 0 spiro atoms. The van der Waals surface area contributed by atoms with Crippen LogP contribution in [0, 0.1) is 0 Å². The molecule has 0 saturated carbocycles. The quantitative estimate of drug-likeness (QED) is 0.132. The Morgan fingerprint density at radius 2 is 1.39 bits per heavy atom. The van der Waals surface area contributed by atoms with Gasteiger partial charge in [-0.15, -0.1) is 0 Å². The number of hydrogen-bond acceptors (Lipinski definition) is 8. The van der Waals surface area contributed by atoms with Crippen LogP contribution in [0.1, 0.15) is 70.3 Å². The molecule has 0 amide bonds. The lowest BCUT2D eigenvalue weighted by molar-refractivity contribution is 0.0799. The Morgan fingerprint density at radius 3 is 2.00 bits per heavy atom. The summed E-state index contributed by atoms with van der Waals surface area (Å²) in [6, 6.07) is 7.74. The predicted molar refractivity (Wildman–Crippen MR) is 149 cm³/mol. The molecule has 0 fully saturated rings. The summed E-state index contributed by atoms with van der Waals surface area (Å²) in [5, 5.41) is 0. The highest BCUT2D eigenvalue weighted by Gasteiger charge is 2.25. The second kappa shape index (κ2) is 22.0. The molecule has 1 unspecified atom stereocenters. The standard InChI is InChI=1S/C27H52N3O5P/c1-3-4-5-6-7-8-9-21-34-36(31,24-20-30(18-10-16-28)19-11-17-29)35-23-22-33-25-26-12-14-27(32-2)15-13-26/h12-15H,3-11,16-25,28-29H2,1-2H3. The third kappa shape index (κ3) is 16.7. The van der Waals surface area contributed by atoms with E-state index in [-0.39, 0.29) is 6.61 Å². The number of methoxy groups -OCH3 is 1. The van der Waals surface area contributed by atoms with Crippen LogP contribution in [-0.4, -0.2) is 70.7 Å². The van der Waals surface area contributed by atoms with Gasteiger partial charge in [-0.05, 0) is 63.1 Å². The van der Waals surface area contributed by atoms with Gasteiger partial charge < -0.3 is 34.9 Å². The van der Waals surface area contributed by atoms with Crippen molar-refractivity contribution < 1.29 is 23.1 Å². The first-order valence-corrected chi connectivity index (χ1v) is 15.5. The van der Waals surface area contributed by atoms with Crippen molar-refractivity contribution in [2.24, 2.45) is 11.5 Å². The maximum atomic E-state index is 13.6. The van der Waals surface area contributed by atoms with E-state index in [0.29, 0.717) is 45.6 Å². The summed E-state index contributed by atoms with van der Waals surface area (Å²) >= 11 is 0. The number of unbranched alkanes of at least 4 members (excludes halogenated alkanes) is 6. The summed E-state index contributed by atoms with van der Waals surface area (Å²) in [6.45, 7) is 7.35. The number of benzene rings is 1. The van der Waals surface area contributed by atoms with Gasteiger partial charge >= 0.3 is 7.60 Å². The Balaban J connectivity index is 2.49. The third-order valence-corrected chi connectivity index (χ3v) is 7.93. The molecular formula is C27H52N3O5P. The van der Waals surface area contributed by atoms with Crippen molar-refractivity contribution in [1.82, 2.24) is 4.90 Å². The molecule has 0 aliphatic heterocycles. The average Bonchev–Trinajstić information content (AvgIpc) is 2.90. The van der Waals surface area contributed by atoms with Gasteiger partial charge in [0.15, 0.2) is 0 Å². The minimum absolute atomic E-state index is 0.232. The molecule has 0 heterocycles. The summed E-state index contributed by atoms with van der Waals surface area (Å²) in [4.78, 5) is 2.26. The molecule has 9 heteroatoms. The highest BCUT2D eigenvalue weighted by Crippen LogP contribution is 2.48. The first kappa shape index (κ1) is 33.0. The van der Waals surface area contributed by atoms with Crippen molar-refractivity contribution in [3.8, 4) is 5.75 Å². The predicted octanol–water partition coefficient (Wildman–Crippen LogP) is 5.19. The molecule has 0 aliphatic rings. The second-order valence-corrected chi connectivity index (χ2v) is 11.3. The fourth-order valence-corrected chi connectivity index (χ4v) is 5.43. The summed E-state index contributed by atoms with van der Waals surface area (Å²) in [5.41, 5.74) is 12.4. The number of hydrogen-bond donors (Lipinski definition) is 2. The zero-order valence-corrected chi connectivity index (χ0v) is 23.7. The fraction of sp³-hybridized carbons (Fsp3) is 0.778. The minimum Gasteiger partial charge on any atom is -0.497 e. The van der Waals surface area contributed by atoms with E-state index < -0.39 is 7.60 Å². The van der Waals surface area contributed by atoms with E-state index in [9.17, 15) is 4.57 Å². The molecule has 210 valence electrons. The van der Waals surface area contributed by atoms with Gasteiger partial charge in [-0.2, -0.15) is 0 Å². The van der Waals surface area contributed by atoms with Gasteiger partial charge in [-0.25, -0.2) is 0 Å². The van der Waals surface area contributed by atoms with Gasteiger partial charge in [0.05, 0.1) is 39.7 Å². The van der Waals surface area contributed by atoms with Crippen LogP contribution in [0.3, 0.4) is 0 Å². The van der Waals surface area contributed by atoms with E-state index in [1.54, 1.807) is 7.11 Å². The van der Waals surface area contributed by atoms with Crippen molar-refractivity contribution in [3.63, 3.8) is 0 Å². The minimum atomic E-state index is -3.23. The smallest absolute Gasteiger partial charge is 0.332 e. The Bertz CT molecular complexity index is 670. The zero-order valence-electron chi connectivity index (χ0n) is 22.8. The maximum absolute atomic E-state index is 13.6. The molecule has 0 bridgehead atoms. The van der Waals surface area contributed by atoms with Crippen molar-refractivity contribution in [3.05, 3.63) is 29.8 Å². The van der Waals surface area contributed by atoms with E-state index in [1.165, 1.54) is 32.1 Å². The molecule has 0 saturated heterocycles. The van der Waals surface area contributed by atoms with Crippen molar-refractivity contribution in [2.45, 2.75) is 71.3 Å². The fourth-order valence-electron chi connectivity index (χ4n) is 3.81. The Hall–Kier alpha value is -0.990. The molecule has 1 aromatic rings. The van der Waals surface area contributed by atoms with E-state index in [0.717, 1.165) is 50.1 Å². The highest BCUT2D eigenvalue weighted by molar-refractivity contribution is 7.53. The Kier molecular flexibility index (Phi) is 20.2. The van der Waals surface area contributed by atoms with E-state index >= 15 is 0 Å². The van der Waals surface area contributed by atoms with E-state index in [2.05, 4.69) is 11.8 Å². The van der Waals surface area contributed by atoms with Crippen LogP contribution in [0.4, 0.5) is 0 Å². The molecule has 8 nitrogen and oxygen atoms in total. The van der Waals surface area contributed by atoms with Crippen LogP contribution in [0.15, 0.2) is 24.3 Å². The SMILES string of the molecule is CCCCCCCCCOP(=O)(CCN(CCCN)CCCN)OCCOCc1ccc(OC)cc1. The van der Waals surface area contributed by atoms with Gasteiger partial charge in [0.2, 0.25) is 0 Å². The average molecular weight is 530 g/mol. The lowest BCUT2D eigenvalue weighted by atomic mass is 10.1. The summed E-state index contributed by atoms with van der Waals surface area (Å²) in [6.07, 6.45) is 10.4. The topological polar surface area (TPSA) is 109 Å². The normalized spacial score (nSPS) is 13.2. The van der Waals surface area contributed by atoms with Gasteiger partial charge in [0.25, 0.3) is 0 Å². The third-order valence-electron chi connectivity index (χ3n) is 6.03. The molecule has 1 rings (SSSR count). The van der Waals surface area contributed by atoms with Crippen molar-refractivity contribution >= 4 is 7.60 Å². The van der Waals surface area contributed by atoms with E-state index in [1.807, 2.05) is 24.3 Å². The van der Waals surface area contributed by atoms with Gasteiger partial charge in [-0.3, -0.25) is 4.57 Å². The van der Waals surface area contributed by atoms with Crippen LogP contribution in [0.5, 0.6) is 5.75 Å². The van der Waals surface area contributed by atoms with Crippen LogP contribution in [0.25, 0.3) is 0 Å². The second-order valence-electron chi connectivity index (χ2n) is 9.15. The molecule has 0 aliphatic carbocycles. The van der Waals surface area contributed by atoms with Crippen LogP contribution >= 0.6 is 7.60 Å². The molecule has 0 aromatic heterocycles. The lowest BCUT2D eigenvalue weighted by Gasteiger charge is -2.25. The molecule has 4 N–H and O–H groups in total. The molecule has 1 atom stereocenters. The number of ether oxygens (including phenoxy) is 2. The Morgan fingerprint density at radius 1 is 0.778 bits per heavy atom. The molecule has 0 radical (unpaired) electrons. The summed E-state index contributed by atoms with van der Waals surface area (Å²) in [7, 11) is -1.58. The number of nitrogens with zero attached hydrogens (tertiary/aromatic N) is 1. The van der Waals surface area contributed by atoms with Crippen LogP contribution in [0.2, 0.25) is 0 Å². The van der Waals surface area contributed by atoms with Gasteiger partial charge in [0.1, 0.15) is 5.75 Å². The van der Waals surface area contributed by atoms with Crippen LogP contribution in [-0.2, 0) is 25.0 Å². The first-order chi connectivity index (χ1) is 17.6. The molecular weight excluding hydrogens is 477 g/mol. The van der Waals surface area contributed by atoms with Crippen LogP contribution < -0.4 is 16.2 Å². The largest absolute Gasteiger partial charge is 0.497 e. The van der Waals surface area contributed by atoms with Crippen molar-refractivity contribution in [2.75, 3.05) is 65.8 Å².